The van der Waals surface area contributed by atoms with Crippen molar-refractivity contribution < 1.29 is 9.53 Å². The Bertz CT molecular complexity index is 329. The highest BCUT2D eigenvalue weighted by molar-refractivity contribution is 6.01. The van der Waals surface area contributed by atoms with Gasteiger partial charge in [-0.25, -0.2) is 0 Å². The third-order valence-corrected chi connectivity index (χ3v) is 4.16. The third kappa shape index (κ3) is 1.17. The fourth-order valence-corrected chi connectivity index (χ4v) is 3.35. The summed E-state index contributed by atoms with van der Waals surface area (Å²) >= 11 is 0. The molecule has 1 aliphatic carbocycles. The summed E-state index contributed by atoms with van der Waals surface area (Å²) in [6, 6.07) is 0. The summed E-state index contributed by atoms with van der Waals surface area (Å²) in [5.41, 5.74) is -0.771. The lowest BCUT2D eigenvalue weighted by Gasteiger charge is -2.36. The number of carbonyl (C=O) groups excluding carboxylic acids is 1. The molecule has 2 atom stereocenters. The zero-order valence-corrected chi connectivity index (χ0v) is 10.1. The molecule has 1 saturated carbocycles. The molecular weight excluding hydrogens is 188 g/mol. The summed E-state index contributed by atoms with van der Waals surface area (Å²) in [7, 11) is 0. The second-order valence-electron chi connectivity index (χ2n) is 5.62. The van der Waals surface area contributed by atoms with Crippen LogP contribution in [0.25, 0.3) is 0 Å². The predicted molar refractivity (Wildman–Crippen MR) is 59.7 cm³/mol. The van der Waals surface area contributed by atoms with E-state index in [1.807, 2.05) is 13.0 Å². The Morgan fingerprint density at radius 2 is 1.93 bits per heavy atom. The lowest BCUT2D eigenvalue weighted by Crippen LogP contribution is -2.47. The molecule has 1 saturated heterocycles. The van der Waals surface area contributed by atoms with Gasteiger partial charge in [-0.15, -0.1) is 0 Å². The summed E-state index contributed by atoms with van der Waals surface area (Å²) < 4.78 is 5.88. The number of hydrogen-bond acceptors (Lipinski definition) is 2. The summed E-state index contributed by atoms with van der Waals surface area (Å²) in [4.78, 5) is 12.2. The van der Waals surface area contributed by atoms with Crippen molar-refractivity contribution in [3.8, 4) is 0 Å². The van der Waals surface area contributed by atoms with E-state index in [0.29, 0.717) is 0 Å². The van der Waals surface area contributed by atoms with Gasteiger partial charge in [0.1, 0.15) is 5.60 Å². The first-order valence-electron chi connectivity index (χ1n) is 5.77. The highest BCUT2D eigenvalue weighted by Gasteiger charge is 2.77. The topological polar surface area (TPSA) is 29.6 Å². The van der Waals surface area contributed by atoms with Gasteiger partial charge in [-0.2, -0.15) is 0 Å². The molecule has 1 aliphatic heterocycles. The Balaban J connectivity index is 2.37. The monoisotopic (exact) mass is 208 g/mol. The van der Waals surface area contributed by atoms with Gasteiger partial charge in [0.2, 0.25) is 0 Å². The van der Waals surface area contributed by atoms with Gasteiger partial charge in [-0.3, -0.25) is 4.79 Å². The van der Waals surface area contributed by atoms with Crippen LogP contribution in [0.15, 0.2) is 12.2 Å². The second kappa shape index (κ2) is 2.94. The number of epoxide rings is 1. The highest BCUT2D eigenvalue weighted by Crippen LogP contribution is 2.65. The van der Waals surface area contributed by atoms with Crippen LogP contribution in [0.1, 0.15) is 47.0 Å². The van der Waals surface area contributed by atoms with Crippen molar-refractivity contribution in [2.24, 2.45) is 5.41 Å². The number of carbonyl (C=O) groups is 1. The van der Waals surface area contributed by atoms with Gasteiger partial charge in [-0.1, -0.05) is 19.9 Å². The van der Waals surface area contributed by atoms with E-state index in [9.17, 15) is 4.79 Å². The van der Waals surface area contributed by atoms with Gasteiger partial charge in [-0.05, 0) is 39.2 Å². The molecule has 15 heavy (non-hydrogen) atoms. The zero-order valence-electron chi connectivity index (χ0n) is 10.1. The van der Waals surface area contributed by atoms with Crippen LogP contribution in [0.3, 0.4) is 0 Å². The van der Waals surface area contributed by atoms with Crippen molar-refractivity contribution in [1.82, 2.24) is 0 Å². The van der Waals surface area contributed by atoms with Gasteiger partial charge < -0.3 is 4.74 Å². The van der Waals surface area contributed by atoms with Crippen molar-refractivity contribution in [3.05, 3.63) is 12.2 Å². The molecule has 0 bridgehead atoms. The Kier molecular flexibility index (Phi) is 2.13. The number of fused-ring (bicyclic) bond motifs is 1. The first-order chi connectivity index (χ1) is 6.90. The normalized spacial score (nSPS) is 42.7. The molecule has 2 rings (SSSR count). The van der Waals surface area contributed by atoms with Crippen molar-refractivity contribution >= 4 is 5.78 Å². The number of ether oxygens (including phenoxy) is 1. The lowest BCUT2D eigenvalue weighted by molar-refractivity contribution is -0.124. The van der Waals surface area contributed by atoms with E-state index in [1.165, 1.54) is 0 Å². The number of allylic oxidation sites excluding steroid dienone is 1. The molecule has 2 fully saturated rings. The zero-order chi connectivity index (χ0) is 11.3. The molecule has 1 heterocycles. The van der Waals surface area contributed by atoms with Crippen LogP contribution in [0.2, 0.25) is 0 Å². The van der Waals surface area contributed by atoms with Gasteiger partial charge >= 0.3 is 0 Å². The molecule has 2 aliphatic rings. The molecule has 0 spiro atoms. The van der Waals surface area contributed by atoms with Gasteiger partial charge in [0.25, 0.3) is 0 Å². The van der Waals surface area contributed by atoms with Crippen molar-refractivity contribution in [2.75, 3.05) is 0 Å². The van der Waals surface area contributed by atoms with Crippen LogP contribution in [-0.2, 0) is 9.53 Å². The van der Waals surface area contributed by atoms with Crippen molar-refractivity contribution in [2.45, 2.75) is 58.2 Å². The van der Waals surface area contributed by atoms with Crippen LogP contribution in [-0.4, -0.2) is 17.0 Å². The smallest absolute Gasteiger partial charge is 0.190 e. The molecule has 84 valence electrons. The molecule has 0 amide bonds. The lowest BCUT2D eigenvalue weighted by atomic mass is 9.62. The molecule has 0 unspecified atom stereocenters. The van der Waals surface area contributed by atoms with E-state index < -0.39 is 5.60 Å². The molecule has 0 aromatic rings. The molecular formula is C13H20O2. The van der Waals surface area contributed by atoms with Crippen LogP contribution in [0.4, 0.5) is 0 Å². The van der Waals surface area contributed by atoms with E-state index in [-0.39, 0.29) is 16.8 Å². The maximum absolute atomic E-state index is 12.2. The van der Waals surface area contributed by atoms with Crippen LogP contribution < -0.4 is 0 Å². The molecule has 2 nitrogen and oxygen atoms in total. The standard InChI is InChI=1S/C13H20O2/c1-5-7-10(14)13-11(2,3)8-6-9-12(13,4)15-13/h5,7H,6,8-9H2,1-4H3/t12-,13+/m0/s1. The fraction of sp³-hybridized carbons (Fsp3) is 0.769. The molecule has 0 aromatic heterocycles. The van der Waals surface area contributed by atoms with E-state index in [1.54, 1.807) is 6.08 Å². The molecule has 0 aromatic carbocycles. The summed E-state index contributed by atoms with van der Waals surface area (Å²) in [6.07, 6.45) is 6.72. The SMILES string of the molecule is CC=CC(=O)[C@]12O[C@@]1(C)CCCC2(C)C. The maximum atomic E-state index is 12.2. The Morgan fingerprint density at radius 1 is 1.27 bits per heavy atom. The molecule has 2 heteroatoms. The van der Waals surface area contributed by atoms with Gasteiger partial charge in [0.05, 0.1) is 0 Å². The number of ketones is 1. The summed E-state index contributed by atoms with van der Waals surface area (Å²) in [5.74, 6) is 0.150. The average molecular weight is 208 g/mol. The van der Waals surface area contributed by atoms with Crippen molar-refractivity contribution in [3.63, 3.8) is 0 Å². The first kappa shape index (κ1) is 10.9. The largest absolute Gasteiger partial charge is 0.354 e. The molecule has 0 radical (unpaired) electrons. The van der Waals surface area contributed by atoms with Crippen LogP contribution in [0.5, 0.6) is 0 Å². The molecule has 0 N–H and O–H groups in total. The van der Waals surface area contributed by atoms with E-state index in [0.717, 1.165) is 19.3 Å². The minimum absolute atomic E-state index is 0.0312. The Morgan fingerprint density at radius 3 is 2.47 bits per heavy atom. The second-order valence-corrected chi connectivity index (χ2v) is 5.62. The highest BCUT2D eigenvalue weighted by atomic mass is 16.6. The minimum Gasteiger partial charge on any atom is -0.354 e. The van der Waals surface area contributed by atoms with Crippen LogP contribution in [0, 0.1) is 5.41 Å². The Hall–Kier alpha value is -0.630. The van der Waals surface area contributed by atoms with E-state index in [4.69, 9.17) is 4.74 Å². The number of hydrogen-bond donors (Lipinski definition) is 0. The van der Waals surface area contributed by atoms with E-state index >= 15 is 0 Å². The van der Waals surface area contributed by atoms with Crippen LogP contribution >= 0.6 is 0 Å². The summed E-state index contributed by atoms with van der Waals surface area (Å²) in [5, 5.41) is 0. The third-order valence-electron chi connectivity index (χ3n) is 4.16. The van der Waals surface area contributed by atoms with Gasteiger partial charge in [0.15, 0.2) is 11.4 Å². The quantitative estimate of drug-likeness (QED) is 0.516. The number of rotatable bonds is 2. The van der Waals surface area contributed by atoms with E-state index in [2.05, 4.69) is 20.8 Å². The average Bonchev–Trinajstić information content (AvgIpc) is 2.75. The summed E-state index contributed by atoms with van der Waals surface area (Å²) in [6.45, 7) is 8.26. The fourth-order valence-electron chi connectivity index (χ4n) is 3.35. The first-order valence-corrected chi connectivity index (χ1v) is 5.77. The predicted octanol–water partition coefficient (Wildman–Crippen LogP) is 2.87. The maximum Gasteiger partial charge on any atom is 0.190 e. The van der Waals surface area contributed by atoms with Gasteiger partial charge in [0, 0.05) is 5.41 Å². The van der Waals surface area contributed by atoms with Crippen molar-refractivity contribution in [1.29, 1.82) is 0 Å². The Labute approximate surface area is 91.7 Å². The minimum atomic E-state index is -0.537.